The van der Waals surface area contributed by atoms with Crippen LogP contribution in [0.4, 0.5) is 0 Å². The number of aryl methyl sites for hydroxylation is 1. The summed E-state index contributed by atoms with van der Waals surface area (Å²) < 4.78 is 0. The highest BCUT2D eigenvalue weighted by molar-refractivity contribution is 6.07. The van der Waals surface area contributed by atoms with E-state index in [4.69, 9.17) is 0 Å². The summed E-state index contributed by atoms with van der Waals surface area (Å²) in [6.45, 7) is 7.96. The average molecular weight is 256 g/mol. The fourth-order valence-electron chi connectivity index (χ4n) is 2.12. The van der Waals surface area contributed by atoms with E-state index in [1.54, 1.807) is 4.90 Å². The van der Waals surface area contributed by atoms with Gasteiger partial charge in [-0.1, -0.05) is 18.2 Å². The number of fused-ring (bicyclic) bond motifs is 1. The van der Waals surface area contributed by atoms with Gasteiger partial charge in [0.25, 0.3) is 5.91 Å². The van der Waals surface area contributed by atoms with Crippen molar-refractivity contribution in [1.29, 1.82) is 0 Å². The van der Waals surface area contributed by atoms with E-state index in [0.717, 1.165) is 27.7 Å². The molecule has 1 amide bonds. The van der Waals surface area contributed by atoms with Gasteiger partial charge in [-0.2, -0.15) is 0 Å². The third-order valence-corrected chi connectivity index (χ3v) is 3.69. The molecule has 0 spiro atoms. The molecule has 0 aliphatic carbocycles. The Kier molecular flexibility index (Phi) is 3.56. The van der Waals surface area contributed by atoms with Crippen molar-refractivity contribution in [2.24, 2.45) is 0 Å². The van der Waals surface area contributed by atoms with Crippen LogP contribution in [0, 0.1) is 13.8 Å². The summed E-state index contributed by atoms with van der Waals surface area (Å²) in [6, 6.07) is 8.00. The van der Waals surface area contributed by atoms with E-state index in [1.807, 2.05) is 59.0 Å². The zero-order chi connectivity index (χ0) is 14.2. The molecule has 19 heavy (non-hydrogen) atoms. The molecule has 2 rings (SSSR count). The molecule has 0 saturated heterocycles. The summed E-state index contributed by atoms with van der Waals surface area (Å²) >= 11 is 0. The summed E-state index contributed by atoms with van der Waals surface area (Å²) in [5.74, 6) is 0.0641. The molecule has 3 nitrogen and oxygen atoms in total. The first-order valence-corrected chi connectivity index (χ1v) is 6.56. The van der Waals surface area contributed by atoms with Gasteiger partial charge in [0.2, 0.25) is 0 Å². The number of hydrogen-bond acceptors (Lipinski definition) is 2. The van der Waals surface area contributed by atoms with Crippen molar-refractivity contribution in [1.82, 2.24) is 9.88 Å². The molecule has 1 aromatic carbocycles. The third-order valence-electron chi connectivity index (χ3n) is 3.69. The maximum atomic E-state index is 12.7. The van der Waals surface area contributed by atoms with Crippen molar-refractivity contribution in [3.63, 3.8) is 0 Å². The number of carbonyl (C=O) groups is 1. The summed E-state index contributed by atoms with van der Waals surface area (Å²) in [4.78, 5) is 19.0. The fourth-order valence-corrected chi connectivity index (χ4v) is 2.12. The third kappa shape index (κ3) is 2.33. The van der Waals surface area contributed by atoms with E-state index in [0.29, 0.717) is 0 Å². The molecule has 0 unspecified atom stereocenters. The standard InChI is InChI=1S/C16H20N2O/c1-10(2)18(5)16(19)15-11(3)12(4)17-14-9-7-6-8-13(14)15/h6-10H,1-5H3. The van der Waals surface area contributed by atoms with Crippen LogP contribution in [0.3, 0.4) is 0 Å². The number of rotatable bonds is 2. The van der Waals surface area contributed by atoms with E-state index in [-0.39, 0.29) is 11.9 Å². The molecule has 0 saturated carbocycles. The Hall–Kier alpha value is -1.90. The normalized spacial score (nSPS) is 11.1. The summed E-state index contributed by atoms with van der Waals surface area (Å²) in [6.07, 6.45) is 0. The van der Waals surface area contributed by atoms with Crippen molar-refractivity contribution in [2.75, 3.05) is 7.05 Å². The van der Waals surface area contributed by atoms with Crippen LogP contribution in [0.25, 0.3) is 10.9 Å². The van der Waals surface area contributed by atoms with Crippen LogP contribution >= 0.6 is 0 Å². The van der Waals surface area contributed by atoms with Gasteiger partial charge in [-0.25, -0.2) is 0 Å². The number of aromatic nitrogens is 1. The molecule has 0 radical (unpaired) electrons. The molecule has 0 N–H and O–H groups in total. The highest BCUT2D eigenvalue weighted by Crippen LogP contribution is 2.24. The number of hydrogen-bond donors (Lipinski definition) is 0. The Morgan fingerprint density at radius 1 is 1.21 bits per heavy atom. The van der Waals surface area contributed by atoms with E-state index >= 15 is 0 Å². The fraction of sp³-hybridized carbons (Fsp3) is 0.375. The lowest BCUT2D eigenvalue weighted by Gasteiger charge is -2.23. The molecule has 0 aliphatic rings. The highest BCUT2D eigenvalue weighted by Gasteiger charge is 2.20. The molecule has 100 valence electrons. The van der Waals surface area contributed by atoms with Crippen LogP contribution < -0.4 is 0 Å². The lowest BCUT2D eigenvalue weighted by molar-refractivity contribution is 0.0756. The van der Waals surface area contributed by atoms with Crippen molar-refractivity contribution in [2.45, 2.75) is 33.7 Å². The molecular formula is C16H20N2O. The highest BCUT2D eigenvalue weighted by atomic mass is 16.2. The molecule has 0 fully saturated rings. The topological polar surface area (TPSA) is 33.2 Å². The second kappa shape index (κ2) is 5.00. The van der Waals surface area contributed by atoms with E-state index in [1.165, 1.54) is 0 Å². The van der Waals surface area contributed by atoms with Crippen LogP contribution in [0.15, 0.2) is 24.3 Å². The van der Waals surface area contributed by atoms with Gasteiger partial charge in [0.05, 0.1) is 11.1 Å². The first-order valence-electron chi connectivity index (χ1n) is 6.56. The van der Waals surface area contributed by atoms with Gasteiger partial charge < -0.3 is 4.90 Å². The molecule has 0 bridgehead atoms. The van der Waals surface area contributed by atoms with E-state index in [9.17, 15) is 4.79 Å². The number of benzene rings is 1. The van der Waals surface area contributed by atoms with E-state index < -0.39 is 0 Å². The quantitative estimate of drug-likeness (QED) is 0.825. The number of amides is 1. The summed E-state index contributed by atoms with van der Waals surface area (Å²) in [5.41, 5.74) is 3.54. The number of pyridine rings is 1. The van der Waals surface area contributed by atoms with Crippen molar-refractivity contribution in [3.05, 3.63) is 41.1 Å². The van der Waals surface area contributed by atoms with Crippen LogP contribution in [0.1, 0.15) is 35.5 Å². The van der Waals surface area contributed by atoms with Gasteiger partial charge in [-0.3, -0.25) is 9.78 Å². The second-order valence-corrected chi connectivity index (χ2v) is 5.22. The predicted octanol–water partition coefficient (Wildman–Crippen LogP) is 3.33. The largest absolute Gasteiger partial charge is 0.339 e. The van der Waals surface area contributed by atoms with Crippen molar-refractivity contribution >= 4 is 16.8 Å². The van der Waals surface area contributed by atoms with Crippen molar-refractivity contribution in [3.8, 4) is 0 Å². The number of para-hydroxylation sites is 1. The first-order chi connectivity index (χ1) is 8.93. The van der Waals surface area contributed by atoms with Crippen LogP contribution in [0.2, 0.25) is 0 Å². The Balaban J connectivity index is 2.71. The minimum atomic E-state index is 0.0641. The Morgan fingerprint density at radius 3 is 2.47 bits per heavy atom. The van der Waals surface area contributed by atoms with Crippen LogP contribution in [0.5, 0.6) is 0 Å². The van der Waals surface area contributed by atoms with Gasteiger partial charge in [0.15, 0.2) is 0 Å². The Labute approximate surface area is 114 Å². The lowest BCUT2D eigenvalue weighted by Crippen LogP contribution is -2.33. The average Bonchev–Trinajstić information content (AvgIpc) is 2.38. The number of carbonyl (C=O) groups excluding carboxylic acids is 1. The van der Waals surface area contributed by atoms with Gasteiger partial charge in [-0.15, -0.1) is 0 Å². The zero-order valence-electron chi connectivity index (χ0n) is 12.2. The molecular weight excluding hydrogens is 236 g/mol. The van der Waals surface area contributed by atoms with Crippen LogP contribution in [-0.4, -0.2) is 28.9 Å². The second-order valence-electron chi connectivity index (χ2n) is 5.22. The predicted molar refractivity (Wildman–Crippen MR) is 78.4 cm³/mol. The smallest absolute Gasteiger partial charge is 0.254 e. The van der Waals surface area contributed by atoms with Crippen molar-refractivity contribution < 1.29 is 4.79 Å². The van der Waals surface area contributed by atoms with Gasteiger partial charge in [0.1, 0.15) is 0 Å². The van der Waals surface area contributed by atoms with Gasteiger partial charge in [0, 0.05) is 24.2 Å². The summed E-state index contributed by atoms with van der Waals surface area (Å²) in [7, 11) is 1.84. The minimum absolute atomic E-state index is 0.0641. The zero-order valence-corrected chi connectivity index (χ0v) is 12.2. The number of nitrogens with zero attached hydrogens (tertiary/aromatic N) is 2. The maximum Gasteiger partial charge on any atom is 0.254 e. The molecule has 1 aromatic heterocycles. The van der Waals surface area contributed by atoms with E-state index in [2.05, 4.69) is 4.98 Å². The molecule has 1 heterocycles. The lowest BCUT2D eigenvalue weighted by atomic mass is 10.0. The summed E-state index contributed by atoms with van der Waals surface area (Å²) in [5, 5.41) is 0.933. The van der Waals surface area contributed by atoms with Gasteiger partial charge in [-0.05, 0) is 39.3 Å². The Bertz CT molecular complexity index is 632. The maximum absolute atomic E-state index is 12.7. The molecule has 3 heteroatoms. The Morgan fingerprint density at radius 2 is 1.84 bits per heavy atom. The molecule has 0 atom stereocenters. The molecule has 0 aliphatic heterocycles. The van der Waals surface area contributed by atoms with Crippen LogP contribution in [-0.2, 0) is 0 Å². The minimum Gasteiger partial charge on any atom is -0.339 e. The van der Waals surface area contributed by atoms with Gasteiger partial charge >= 0.3 is 0 Å². The molecule has 2 aromatic rings. The SMILES string of the molecule is Cc1nc2ccccc2c(C(=O)N(C)C(C)C)c1C. The first kappa shape index (κ1) is 13.5. The monoisotopic (exact) mass is 256 g/mol.